The van der Waals surface area contributed by atoms with Crippen LogP contribution in [0.15, 0.2) is 24.3 Å². The Morgan fingerprint density at radius 3 is 2.62 bits per heavy atom. The van der Waals surface area contributed by atoms with E-state index in [0.717, 1.165) is 6.42 Å². The van der Waals surface area contributed by atoms with Crippen molar-refractivity contribution in [1.82, 2.24) is 0 Å². The highest BCUT2D eigenvalue weighted by Crippen LogP contribution is 2.36. The van der Waals surface area contributed by atoms with Gasteiger partial charge in [0.25, 0.3) is 0 Å². The molecule has 1 aromatic carbocycles. The number of ether oxygens (including phenoxy) is 1. The SMILES string of the molecule is CCC(C)[P+](=O)C(=O)c1ccccc1OC. The molecule has 1 rings (SSSR count). The predicted octanol–water partition coefficient (Wildman–Crippen LogP) is 3.46. The van der Waals surface area contributed by atoms with Gasteiger partial charge in [-0.05, 0) is 25.5 Å². The van der Waals surface area contributed by atoms with Crippen LogP contribution in [-0.2, 0) is 4.57 Å². The first-order valence-corrected chi connectivity index (χ1v) is 6.58. The summed E-state index contributed by atoms with van der Waals surface area (Å²) in [5.74, 6) is 0.485. The van der Waals surface area contributed by atoms with Crippen LogP contribution in [0.3, 0.4) is 0 Å². The second kappa shape index (κ2) is 5.76. The molecule has 0 saturated heterocycles. The maximum atomic E-state index is 12.0. The molecule has 4 heteroatoms. The Morgan fingerprint density at radius 2 is 2.06 bits per heavy atom. The number of benzene rings is 1. The molecular formula is C12H16O3P+. The molecule has 0 aliphatic rings. The van der Waals surface area contributed by atoms with Crippen LogP contribution in [0, 0.1) is 0 Å². The maximum absolute atomic E-state index is 12.0. The summed E-state index contributed by atoms with van der Waals surface area (Å²) in [4.78, 5) is 12.0. The molecule has 1 aromatic rings. The first-order chi connectivity index (χ1) is 7.61. The van der Waals surface area contributed by atoms with E-state index in [-0.39, 0.29) is 11.2 Å². The zero-order chi connectivity index (χ0) is 12.1. The quantitative estimate of drug-likeness (QED) is 0.739. The third kappa shape index (κ3) is 2.67. The van der Waals surface area contributed by atoms with Gasteiger partial charge in [0.05, 0.1) is 7.11 Å². The molecule has 0 N–H and O–H groups in total. The summed E-state index contributed by atoms with van der Waals surface area (Å²) in [6.07, 6.45) is 0.732. The van der Waals surface area contributed by atoms with Crippen LogP contribution in [0.4, 0.5) is 0 Å². The van der Waals surface area contributed by atoms with E-state index >= 15 is 0 Å². The van der Waals surface area contributed by atoms with E-state index in [1.54, 1.807) is 24.3 Å². The monoisotopic (exact) mass is 239 g/mol. The van der Waals surface area contributed by atoms with Crippen molar-refractivity contribution in [2.75, 3.05) is 7.11 Å². The van der Waals surface area contributed by atoms with Gasteiger partial charge in [-0.3, -0.25) is 0 Å². The van der Waals surface area contributed by atoms with Gasteiger partial charge in [0.2, 0.25) is 0 Å². The summed E-state index contributed by atoms with van der Waals surface area (Å²) < 4.78 is 17.0. The van der Waals surface area contributed by atoms with E-state index in [1.807, 2.05) is 13.8 Å². The molecule has 0 fully saturated rings. The lowest BCUT2D eigenvalue weighted by Gasteiger charge is -2.02. The van der Waals surface area contributed by atoms with Gasteiger partial charge >= 0.3 is 13.3 Å². The first-order valence-electron chi connectivity index (χ1n) is 5.25. The van der Waals surface area contributed by atoms with Gasteiger partial charge in [0.15, 0.2) is 5.66 Å². The summed E-state index contributed by atoms with van der Waals surface area (Å²) in [6, 6.07) is 6.88. The van der Waals surface area contributed by atoms with Crippen molar-refractivity contribution in [2.24, 2.45) is 0 Å². The van der Waals surface area contributed by atoms with Crippen LogP contribution in [-0.4, -0.2) is 18.3 Å². The molecule has 0 spiro atoms. The van der Waals surface area contributed by atoms with E-state index in [2.05, 4.69) is 0 Å². The molecule has 2 unspecified atom stereocenters. The first kappa shape index (κ1) is 12.9. The summed E-state index contributed by atoms with van der Waals surface area (Å²) in [5, 5.41) is 0. The highest BCUT2D eigenvalue weighted by atomic mass is 31.1. The lowest BCUT2D eigenvalue weighted by Crippen LogP contribution is -2.03. The van der Waals surface area contributed by atoms with Gasteiger partial charge in [-0.15, -0.1) is 0 Å². The number of carbonyl (C=O) groups excluding carboxylic acids is 1. The van der Waals surface area contributed by atoms with Gasteiger partial charge in [-0.2, -0.15) is 0 Å². The lowest BCUT2D eigenvalue weighted by atomic mass is 10.2. The van der Waals surface area contributed by atoms with Crippen molar-refractivity contribution < 1.29 is 14.1 Å². The minimum absolute atomic E-state index is 0.0904. The molecule has 86 valence electrons. The maximum Gasteiger partial charge on any atom is 0.423 e. The van der Waals surface area contributed by atoms with Gasteiger partial charge in [0, 0.05) is 0 Å². The fourth-order valence-corrected chi connectivity index (χ4v) is 2.46. The average molecular weight is 239 g/mol. The highest BCUT2D eigenvalue weighted by Gasteiger charge is 2.36. The highest BCUT2D eigenvalue weighted by molar-refractivity contribution is 7.65. The van der Waals surface area contributed by atoms with Crippen LogP contribution in [0.25, 0.3) is 0 Å². The number of hydrogen-bond donors (Lipinski definition) is 0. The Hall–Kier alpha value is -1.21. The fourth-order valence-electron chi connectivity index (χ4n) is 1.31. The Morgan fingerprint density at radius 1 is 1.44 bits per heavy atom. The summed E-state index contributed by atoms with van der Waals surface area (Å²) in [7, 11) is -0.368. The molecule has 0 aliphatic carbocycles. The van der Waals surface area contributed by atoms with Gasteiger partial charge in [0.1, 0.15) is 11.3 Å². The standard InChI is InChI=1S/C12H16O3P/c1-4-9(2)16(14)12(13)10-7-5-6-8-11(10)15-3/h5-9H,4H2,1-3H3/q+1. The third-order valence-electron chi connectivity index (χ3n) is 2.53. The van der Waals surface area contributed by atoms with Crippen molar-refractivity contribution in [2.45, 2.75) is 25.9 Å². The van der Waals surface area contributed by atoms with Crippen LogP contribution >= 0.6 is 7.80 Å². The molecule has 0 heterocycles. The normalized spacial score (nSPS) is 13.1. The van der Waals surface area contributed by atoms with E-state index in [9.17, 15) is 9.36 Å². The average Bonchev–Trinajstić information content (AvgIpc) is 2.35. The summed E-state index contributed by atoms with van der Waals surface area (Å²) in [5.41, 5.74) is 0.000577. The number of carbonyl (C=O) groups is 1. The summed E-state index contributed by atoms with van der Waals surface area (Å²) in [6.45, 7) is 3.75. The zero-order valence-electron chi connectivity index (χ0n) is 9.77. The lowest BCUT2D eigenvalue weighted by molar-refractivity contribution is 0.107. The van der Waals surface area contributed by atoms with E-state index in [4.69, 9.17) is 4.74 Å². The minimum atomic E-state index is -1.87. The zero-order valence-corrected chi connectivity index (χ0v) is 10.7. The van der Waals surface area contributed by atoms with E-state index in [0.29, 0.717) is 11.3 Å². The van der Waals surface area contributed by atoms with E-state index < -0.39 is 7.80 Å². The second-order valence-corrected chi connectivity index (χ2v) is 5.53. The predicted molar refractivity (Wildman–Crippen MR) is 64.7 cm³/mol. The number of methoxy groups -OCH3 is 1. The minimum Gasteiger partial charge on any atom is -0.496 e. The van der Waals surface area contributed by atoms with Crippen molar-refractivity contribution >= 4 is 13.3 Å². The Bertz CT molecular complexity index is 401. The molecule has 0 aromatic heterocycles. The van der Waals surface area contributed by atoms with Crippen molar-refractivity contribution in [3.63, 3.8) is 0 Å². The Balaban J connectivity index is 3.00. The van der Waals surface area contributed by atoms with Crippen molar-refractivity contribution in [3.8, 4) is 5.75 Å². The van der Waals surface area contributed by atoms with Crippen LogP contribution in [0.2, 0.25) is 0 Å². The van der Waals surface area contributed by atoms with Crippen LogP contribution in [0.1, 0.15) is 30.6 Å². The second-order valence-electron chi connectivity index (χ2n) is 3.59. The number of para-hydroxylation sites is 1. The molecule has 2 atom stereocenters. The van der Waals surface area contributed by atoms with Crippen LogP contribution < -0.4 is 4.74 Å². The van der Waals surface area contributed by atoms with E-state index in [1.165, 1.54) is 7.11 Å². The molecular weight excluding hydrogens is 223 g/mol. The Kier molecular flexibility index (Phi) is 4.63. The van der Waals surface area contributed by atoms with Crippen LogP contribution in [0.5, 0.6) is 5.75 Å². The number of rotatable bonds is 5. The Labute approximate surface area is 96.6 Å². The fraction of sp³-hybridized carbons (Fsp3) is 0.417. The largest absolute Gasteiger partial charge is 0.496 e. The molecule has 3 nitrogen and oxygen atoms in total. The van der Waals surface area contributed by atoms with Gasteiger partial charge in [-0.25, -0.2) is 4.79 Å². The third-order valence-corrected chi connectivity index (χ3v) is 4.34. The number of hydrogen-bond acceptors (Lipinski definition) is 3. The van der Waals surface area contributed by atoms with Gasteiger partial charge < -0.3 is 4.74 Å². The molecule has 0 bridgehead atoms. The smallest absolute Gasteiger partial charge is 0.423 e. The summed E-state index contributed by atoms with van der Waals surface area (Å²) >= 11 is 0. The molecule has 0 saturated carbocycles. The van der Waals surface area contributed by atoms with Crippen molar-refractivity contribution in [1.29, 1.82) is 0 Å². The molecule has 16 heavy (non-hydrogen) atoms. The van der Waals surface area contributed by atoms with Crippen molar-refractivity contribution in [3.05, 3.63) is 29.8 Å². The molecule has 0 amide bonds. The molecule has 0 radical (unpaired) electrons. The topological polar surface area (TPSA) is 43.4 Å². The van der Waals surface area contributed by atoms with Gasteiger partial charge in [-0.1, -0.05) is 23.6 Å². The molecule has 0 aliphatic heterocycles.